The number of amides is 3. The van der Waals surface area contributed by atoms with E-state index in [1.54, 1.807) is 5.38 Å². The summed E-state index contributed by atoms with van der Waals surface area (Å²) in [5.74, 6) is -0.257. The number of anilines is 1. The molecular weight excluding hydrogens is 316 g/mol. The number of rotatable bonds is 4. The molecule has 2 fully saturated rings. The van der Waals surface area contributed by atoms with Crippen LogP contribution in [0.2, 0.25) is 0 Å². The van der Waals surface area contributed by atoms with Crippen molar-refractivity contribution in [3.63, 3.8) is 0 Å². The van der Waals surface area contributed by atoms with E-state index in [1.165, 1.54) is 17.8 Å². The normalized spacial score (nSPS) is 21.1. The van der Waals surface area contributed by atoms with Crippen molar-refractivity contribution in [3.8, 4) is 0 Å². The molecule has 23 heavy (non-hydrogen) atoms. The molecule has 0 aliphatic carbocycles. The lowest BCUT2D eigenvalue weighted by atomic mass is 10.1. The topological polar surface area (TPSA) is 91.4 Å². The number of nitrogens with zero attached hydrogens (tertiary/aromatic N) is 2. The summed E-state index contributed by atoms with van der Waals surface area (Å²) < 4.78 is 0. The molecule has 2 aliphatic rings. The van der Waals surface area contributed by atoms with E-state index in [0.717, 1.165) is 25.9 Å². The first-order valence-electron chi connectivity index (χ1n) is 7.94. The molecule has 0 saturated carbocycles. The molecular formula is C15H20N4O3S. The van der Waals surface area contributed by atoms with Crippen LogP contribution in [0.1, 0.15) is 37.8 Å². The monoisotopic (exact) mass is 336 g/mol. The van der Waals surface area contributed by atoms with Crippen molar-refractivity contribution in [2.75, 3.05) is 18.4 Å². The quantitative estimate of drug-likeness (QED) is 0.855. The van der Waals surface area contributed by atoms with Gasteiger partial charge in [0.1, 0.15) is 6.04 Å². The Morgan fingerprint density at radius 2 is 2.13 bits per heavy atom. The number of hydrogen-bond donors (Lipinski definition) is 2. The second-order valence-electron chi connectivity index (χ2n) is 5.91. The van der Waals surface area contributed by atoms with Gasteiger partial charge in [0.2, 0.25) is 17.7 Å². The Morgan fingerprint density at radius 3 is 2.83 bits per heavy atom. The number of carbonyl (C=O) groups is 3. The van der Waals surface area contributed by atoms with Crippen LogP contribution in [0.15, 0.2) is 5.38 Å². The smallest absolute Gasteiger partial charge is 0.248 e. The van der Waals surface area contributed by atoms with E-state index in [9.17, 15) is 14.4 Å². The molecule has 3 heterocycles. The van der Waals surface area contributed by atoms with E-state index in [2.05, 4.69) is 15.6 Å². The minimum Gasteiger partial charge on any atom is -0.344 e. The van der Waals surface area contributed by atoms with Crippen molar-refractivity contribution in [2.45, 2.75) is 44.6 Å². The minimum absolute atomic E-state index is 0.0935. The van der Waals surface area contributed by atoms with E-state index < -0.39 is 6.04 Å². The third kappa shape index (κ3) is 4.07. The maximum absolute atomic E-state index is 12.2. The number of thiazole rings is 1. The first-order chi connectivity index (χ1) is 11.1. The summed E-state index contributed by atoms with van der Waals surface area (Å²) in [6.07, 6.45) is 4.48. The average molecular weight is 336 g/mol. The highest BCUT2D eigenvalue weighted by Crippen LogP contribution is 2.19. The molecule has 1 aromatic rings. The van der Waals surface area contributed by atoms with Gasteiger partial charge in [-0.2, -0.15) is 0 Å². The van der Waals surface area contributed by atoms with Gasteiger partial charge < -0.3 is 15.5 Å². The van der Waals surface area contributed by atoms with Gasteiger partial charge in [0.25, 0.3) is 0 Å². The van der Waals surface area contributed by atoms with E-state index in [4.69, 9.17) is 0 Å². The summed E-state index contributed by atoms with van der Waals surface area (Å²) in [6, 6.07) is -0.482. The maximum atomic E-state index is 12.2. The molecule has 0 bridgehead atoms. The Hall–Kier alpha value is -1.96. The molecule has 2 N–H and O–H groups in total. The second-order valence-corrected chi connectivity index (χ2v) is 6.77. The van der Waals surface area contributed by atoms with Crippen molar-refractivity contribution >= 4 is 34.2 Å². The summed E-state index contributed by atoms with van der Waals surface area (Å²) in [6.45, 7) is 1.65. The van der Waals surface area contributed by atoms with Crippen LogP contribution in [0.4, 0.5) is 5.13 Å². The van der Waals surface area contributed by atoms with Gasteiger partial charge >= 0.3 is 0 Å². The minimum atomic E-state index is -0.482. The van der Waals surface area contributed by atoms with Crippen LogP contribution in [0.5, 0.6) is 0 Å². The summed E-state index contributed by atoms with van der Waals surface area (Å²) in [4.78, 5) is 41.5. The van der Waals surface area contributed by atoms with E-state index >= 15 is 0 Å². The maximum Gasteiger partial charge on any atom is 0.248 e. The number of nitrogens with one attached hydrogen (secondary N) is 2. The van der Waals surface area contributed by atoms with Crippen LogP contribution in [-0.2, 0) is 20.8 Å². The Kier molecular flexibility index (Phi) is 4.90. The highest BCUT2D eigenvalue weighted by atomic mass is 32.1. The molecule has 3 amide bonds. The van der Waals surface area contributed by atoms with Gasteiger partial charge in [0, 0.05) is 24.9 Å². The van der Waals surface area contributed by atoms with Crippen LogP contribution >= 0.6 is 11.3 Å². The number of piperidine rings is 1. The van der Waals surface area contributed by atoms with Crippen molar-refractivity contribution in [2.24, 2.45) is 0 Å². The Bertz CT molecular complexity index is 610. The fourth-order valence-corrected chi connectivity index (χ4v) is 3.57. The molecule has 7 nitrogen and oxygen atoms in total. The fraction of sp³-hybridized carbons (Fsp3) is 0.600. The molecule has 0 radical (unpaired) electrons. The van der Waals surface area contributed by atoms with Crippen molar-refractivity contribution in [3.05, 3.63) is 11.1 Å². The van der Waals surface area contributed by atoms with Gasteiger partial charge in [-0.25, -0.2) is 4.98 Å². The molecule has 2 saturated heterocycles. The average Bonchev–Trinajstić information content (AvgIpc) is 3.17. The molecule has 1 aromatic heterocycles. The Balaban J connectivity index is 1.52. The zero-order valence-corrected chi connectivity index (χ0v) is 13.7. The first kappa shape index (κ1) is 15.9. The highest BCUT2D eigenvalue weighted by molar-refractivity contribution is 7.13. The zero-order valence-electron chi connectivity index (χ0n) is 12.8. The van der Waals surface area contributed by atoms with E-state index in [1.807, 2.05) is 4.90 Å². The number of likely N-dealkylation sites (tertiary alicyclic amines) is 1. The molecule has 8 heteroatoms. The Labute approximate surface area is 138 Å². The van der Waals surface area contributed by atoms with Gasteiger partial charge in [-0.05, 0) is 25.7 Å². The van der Waals surface area contributed by atoms with Gasteiger partial charge in [-0.15, -0.1) is 11.3 Å². The van der Waals surface area contributed by atoms with Gasteiger partial charge in [0.15, 0.2) is 5.13 Å². The lowest BCUT2D eigenvalue weighted by molar-refractivity contribution is -0.131. The molecule has 1 atom stereocenters. The first-order valence-corrected chi connectivity index (χ1v) is 8.82. The molecule has 0 aromatic carbocycles. The lowest BCUT2D eigenvalue weighted by Gasteiger charge is -2.26. The summed E-state index contributed by atoms with van der Waals surface area (Å²) >= 11 is 1.30. The van der Waals surface area contributed by atoms with Crippen LogP contribution in [0, 0.1) is 0 Å². The van der Waals surface area contributed by atoms with E-state index in [0.29, 0.717) is 23.7 Å². The Morgan fingerprint density at radius 1 is 1.35 bits per heavy atom. The summed E-state index contributed by atoms with van der Waals surface area (Å²) in [5, 5.41) is 7.59. The van der Waals surface area contributed by atoms with Crippen LogP contribution < -0.4 is 10.6 Å². The third-order valence-corrected chi connectivity index (χ3v) is 4.94. The third-order valence-electron chi connectivity index (χ3n) is 4.13. The van der Waals surface area contributed by atoms with Gasteiger partial charge in [-0.1, -0.05) is 0 Å². The van der Waals surface area contributed by atoms with Gasteiger partial charge in [-0.3, -0.25) is 14.4 Å². The predicted molar refractivity (Wildman–Crippen MR) is 86.0 cm³/mol. The SMILES string of the molecule is O=C1CCC(C(=O)Nc2nc(CC(=O)N3CCCCC3)cs2)N1. The summed E-state index contributed by atoms with van der Waals surface area (Å²) in [7, 11) is 0. The molecule has 3 rings (SSSR count). The van der Waals surface area contributed by atoms with Crippen LogP contribution in [-0.4, -0.2) is 46.7 Å². The fourth-order valence-electron chi connectivity index (χ4n) is 2.86. The van der Waals surface area contributed by atoms with E-state index in [-0.39, 0.29) is 24.1 Å². The van der Waals surface area contributed by atoms with Crippen molar-refractivity contribution in [1.82, 2.24) is 15.2 Å². The molecule has 124 valence electrons. The highest BCUT2D eigenvalue weighted by Gasteiger charge is 2.27. The predicted octanol–water partition coefficient (Wildman–Crippen LogP) is 0.915. The molecule has 0 spiro atoms. The standard InChI is InChI=1S/C15H20N4O3S/c20-12-5-4-11(17-12)14(22)18-15-16-10(9-23-15)8-13(21)19-6-2-1-3-7-19/h9,11H,1-8H2,(H,17,20)(H,16,18,22). The zero-order chi connectivity index (χ0) is 16.2. The number of aromatic nitrogens is 1. The number of carbonyl (C=O) groups excluding carboxylic acids is 3. The lowest BCUT2D eigenvalue weighted by Crippen LogP contribution is -2.37. The van der Waals surface area contributed by atoms with Gasteiger partial charge in [0.05, 0.1) is 12.1 Å². The summed E-state index contributed by atoms with van der Waals surface area (Å²) in [5.41, 5.74) is 0.677. The molecule has 2 aliphatic heterocycles. The second kappa shape index (κ2) is 7.08. The largest absolute Gasteiger partial charge is 0.344 e. The molecule has 1 unspecified atom stereocenters. The number of hydrogen-bond acceptors (Lipinski definition) is 5. The van der Waals surface area contributed by atoms with Crippen molar-refractivity contribution in [1.29, 1.82) is 0 Å². The van der Waals surface area contributed by atoms with Crippen molar-refractivity contribution < 1.29 is 14.4 Å². The van der Waals surface area contributed by atoms with Crippen LogP contribution in [0.25, 0.3) is 0 Å². The van der Waals surface area contributed by atoms with Crippen LogP contribution in [0.3, 0.4) is 0 Å².